The van der Waals surface area contributed by atoms with Crippen molar-refractivity contribution in [3.05, 3.63) is 82.6 Å². The number of para-hydroxylation sites is 1. The van der Waals surface area contributed by atoms with Crippen molar-refractivity contribution in [3.63, 3.8) is 0 Å². The van der Waals surface area contributed by atoms with Crippen LogP contribution in [0.3, 0.4) is 0 Å². The number of likely N-dealkylation sites (N-methyl/N-ethyl adjacent to an activating group) is 1. The third-order valence-corrected chi connectivity index (χ3v) is 13.6. The second kappa shape index (κ2) is 20.2. The lowest BCUT2D eigenvalue weighted by atomic mass is 9.99. The van der Waals surface area contributed by atoms with E-state index in [4.69, 9.17) is 21.3 Å². The van der Waals surface area contributed by atoms with Gasteiger partial charge in [-0.3, -0.25) is 34.4 Å². The Morgan fingerprint density at radius 1 is 0.984 bits per heavy atom. The molecule has 62 heavy (non-hydrogen) atoms. The number of amides is 2. The van der Waals surface area contributed by atoms with Crippen LogP contribution in [0.15, 0.2) is 60.9 Å². The van der Waals surface area contributed by atoms with Gasteiger partial charge in [-0.1, -0.05) is 47.7 Å². The van der Waals surface area contributed by atoms with Crippen molar-refractivity contribution < 1.29 is 23.7 Å². The molecule has 15 nitrogen and oxygen atoms in total. The highest BCUT2D eigenvalue weighted by Gasteiger charge is 2.31. The standard InChI is InChI=1S/C45H54ClN10O5P/c1-53(38-15-16-42(58)51-44(38)59)29-34-31(11-9-12-32(34)30-57)10-7-8-19-54-22-24-55(25-23-54)33-17-20-56(21-18-33)41-26-39(61-2)37(28-47-41)50-45-48-27-35(46)43(52-45)49-36-13-5-6-14-40(36)62(3,4)60/h5-6,9,11-14,26-28,30,33,38H,8,15-25,29H2,1-4H3,(H,51,58,59)(H2,48,49,50,52). The maximum absolute atomic E-state index is 12.9. The van der Waals surface area contributed by atoms with Crippen LogP contribution in [-0.2, 0) is 20.7 Å². The number of pyridine rings is 1. The summed E-state index contributed by atoms with van der Waals surface area (Å²) in [6.45, 7) is 10.5. The first-order valence-corrected chi connectivity index (χ1v) is 23.9. The fourth-order valence-corrected chi connectivity index (χ4v) is 9.62. The fraction of sp³-hybridized carbons (Fsp3) is 0.422. The number of piperidine rings is 2. The molecule has 5 heterocycles. The predicted octanol–water partition coefficient (Wildman–Crippen LogP) is 5.35. The van der Waals surface area contributed by atoms with Crippen LogP contribution in [0.2, 0.25) is 5.02 Å². The summed E-state index contributed by atoms with van der Waals surface area (Å²) < 4.78 is 18.7. The molecule has 3 N–H and O–H groups in total. The van der Waals surface area contributed by atoms with Gasteiger partial charge < -0.3 is 24.8 Å². The highest BCUT2D eigenvalue weighted by Crippen LogP contribution is 2.39. The molecule has 2 aromatic carbocycles. The van der Waals surface area contributed by atoms with Gasteiger partial charge in [-0.05, 0) is 63.4 Å². The predicted molar refractivity (Wildman–Crippen MR) is 244 cm³/mol. The van der Waals surface area contributed by atoms with Crippen molar-refractivity contribution in [2.75, 3.05) is 88.8 Å². The Balaban J connectivity index is 0.880. The lowest BCUT2D eigenvalue weighted by Crippen LogP contribution is -2.53. The molecular weight excluding hydrogens is 827 g/mol. The minimum atomic E-state index is -2.56. The summed E-state index contributed by atoms with van der Waals surface area (Å²) in [5.41, 5.74) is 3.42. The number of hydrogen-bond donors (Lipinski definition) is 3. The number of hydrogen-bond acceptors (Lipinski definition) is 14. The number of benzene rings is 2. The Morgan fingerprint density at radius 3 is 2.48 bits per heavy atom. The maximum Gasteiger partial charge on any atom is 0.243 e. The zero-order valence-corrected chi connectivity index (χ0v) is 37.3. The van der Waals surface area contributed by atoms with Crippen LogP contribution < -0.4 is 30.9 Å². The number of aromatic nitrogens is 3. The molecule has 3 fully saturated rings. The van der Waals surface area contributed by atoms with Gasteiger partial charge in [-0.25, -0.2) is 9.97 Å². The van der Waals surface area contributed by atoms with Crippen molar-refractivity contribution in [1.82, 2.24) is 35.0 Å². The van der Waals surface area contributed by atoms with E-state index in [-0.39, 0.29) is 11.8 Å². The SMILES string of the molecule is COc1cc(N2CCC(N3CCN(CCC#Cc4cccc(C=O)c4CN(C)C4CCC(=O)NC4=O)CC3)CC2)ncc1Nc1ncc(Cl)c(Nc2ccccc2P(C)(C)=O)n1. The summed E-state index contributed by atoms with van der Waals surface area (Å²) in [5, 5.41) is 9.90. The number of anilines is 5. The molecule has 0 aliphatic carbocycles. The topological polar surface area (TPSA) is 165 Å². The van der Waals surface area contributed by atoms with Crippen molar-refractivity contribution >= 4 is 71.1 Å². The minimum Gasteiger partial charge on any atom is -0.494 e. The van der Waals surface area contributed by atoms with Crippen LogP contribution in [0.25, 0.3) is 0 Å². The van der Waals surface area contributed by atoms with Crippen LogP contribution in [0.1, 0.15) is 53.6 Å². The van der Waals surface area contributed by atoms with Gasteiger partial charge in [0.2, 0.25) is 17.8 Å². The Kier molecular flexibility index (Phi) is 14.6. The molecule has 2 amide bonds. The number of piperazine rings is 1. The quantitative estimate of drug-likeness (QED) is 0.0643. The van der Waals surface area contributed by atoms with Crippen molar-refractivity contribution in [3.8, 4) is 17.6 Å². The van der Waals surface area contributed by atoms with Gasteiger partial charge in [0, 0.05) is 93.7 Å². The first kappa shape index (κ1) is 44.7. The number of methoxy groups -OCH3 is 1. The van der Waals surface area contributed by atoms with Crippen LogP contribution in [0.5, 0.6) is 5.75 Å². The monoisotopic (exact) mass is 880 g/mol. The second-order valence-electron chi connectivity index (χ2n) is 16.3. The van der Waals surface area contributed by atoms with E-state index in [2.05, 4.69) is 52.5 Å². The summed E-state index contributed by atoms with van der Waals surface area (Å²) in [6, 6.07) is 15.0. The number of ether oxygens (including phenoxy) is 1. The van der Waals surface area contributed by atoms with E-state index in [1.165, 1.54) is 6.20 Å². The molecule has 4 aromatic rings. The van der Waals surface area contributed by atoms with Gasteiger partial charge in [-0.15, -0.1) is 0 Å². The first-order chi connectivity index (χ1) is 29.9. The molecule has 3 saturated heterocycles. The molecule has 0 spiro atoms. The molecule has 0 bridgehead atoms. The van der Waals surface area contributed by atoms with Gasteiger partial charge in [0.15, 0.2) is 5.82 Å². The lowest BCUT2D eigenvalue weighted by Gasteiger charge is -2.43. The summed E-state index contributed by atoms with van der Waals surface area (Å²) in [5.74, 6) is 8.23. The summed E-state index contributed by atoms with van der Waals surface area (Å²) in [6.07, 6.45) is 7.62. The number of nitrogens with one attached hydrogen (secondary N) is 3. The molecule has 0 saturated carbocycles. The number of carbonyl (C=O) groups excluding carboxylic acids is 3. The first-order valence-electron chi connectivity index (χ1n) is 21.0. The van der Waals surface area contributed by atoms with Crippen molar-refractivity contribution in [2.45, 2.75) is 50.7 Å². The third-order valence-electron chi connectivity index (χ3n) is 11.8. The summed E-state index contributed by atoms with van der Waals surface area (Å²) in [4.78, 5) is 59.1. The molecule has 326 valence electrons. The number of nitrogens with zero attached hydrogens (tertiary/aromatic N) is 7. The van der Waals surface area contributed by atoms with Crippen LogP contribution in [-0.4, -0.2) is 133 Å². The largest absolute Gasteiger partial charge is 0.494 e. The lowest BCUT2D eigenvalue weighted by molar-refractivity contribution is -0.137. The van der Waals surface area contributed by atoms with E-state index < -0.39 is 13.2 Å². The van der Waals surface area contributed by atoms with E-state index in [9.17, 15) is 18.9 Å². The third kappa shape index (κ3) is 11.0. The number of carbonyl (C=O) groups is 3. The molecule has 17 heteroatoms. The zero-order valence-electron chi connectivity index (χ0n) is 35.7. The molecule has 3 aliphatic heterocycles. The zero-order chi connectivity index (χ0) is 43.8. The Morgan fingerprint density at radius 2 is 1.76 bits per heavy atom. The Labute approximate surface area is 368 Å². The van der Waals surface area contributed by atoms with Gasteiger partial charge >= 0.3 is 0 Å². The van der Waals surface area contributed by atoms with E-state index in [1.807, 2.05) is 54.4 Å². The normalized spacial score (nSPS) is 17.9. The fourth-order valence-electron chi connectivity index (χ4n) is 8.33. The highest BCUT2D eigenvalue weighted by atomic mass is 35.5. The minimum absolute atomic E-state index is 0.251. The van der Waals surface area contributed by atoms with Crippen molar-refractivity contribution in [1.29, 1.82) is 0 Å². The van der Waals surface area contributed by atoms with Gasteiger partial charge in [0.05, 0.1) is 31.2 Å². The molecule has 0 radical (unpaired) electrons. The molecule has 1 atom stereocenters. The van der Waals surface area contributed by atoms with Crippen LogP contribution in [0, 0.1) is 11.8 Å². The van der Waals surface area contributed by atoms with Crippen LogP contribution in [0.4, 0.5) is 29.0 Å². The number of rotatable bonds is 14. The molecule has 3 aliphatic rings. The Bertz CT molecular complexity index is 2390. The van der Waals surface area contributed by atoms with Gasteiger partial charge in [0.1, 0.15) is 35.7 Å². The number of aldehydes is 1. The molecule has 7 rings (SSSR count). The molecular formula is C45H54ClN10O5P. The summed E-state index contributed by atoms with van der Waals surface area (Å²) in [7, 11) is 0.905. The maximum atomic E-state index is 12.9. The van der Waals surface area contributed by atoms with Crippen molar-refractivity contribution in [2.24, 2.45) is 0 Å². The average molecular weight is 881 g/mol. The van der Waals surface area contributed by atoms with E-state index in [0.29, 0.717) is 76.6 Å². The smallest absolute Gasteiger partial charge is 0.243 e. The second-order valence-corrected chi connectivity index (χ2v) is 19.9. The van der Waals surface area contributed by atoms with E-state index in [0.717, 1.165) is 81.9 Å². The summed E-state index contributed by atoms with van der Waals surface area (Å²) >= 11 is 6.47. The van der Waals surface area contributed by atoms with E-state index in [1.54, 1.807) is 32.7 Å². The number of halogens is 1. The van der Waals surface area contributed by atoms with Crippen LogP contribution >= 0.6 is 18.7 Å². The van der Waals surface area contributed by atoms with Gasteiger partial charge in [-0.2, -0.15) is 4.98 Å². The molecule has 2 aromatic heterocycles. The highest BCUT2D eigenvalue weighted by molar-refractivity contribution is 7.70. The van der Waals surface area contributed by atoms with Gasteiger partial charge in [0.25, 0.3) is 0 Å². The average Bonchev–Trinajstić information content (AvgIpc) is 3.27. The Hall–Kier alpha value is -5.36. The molecule has 1 unspecified atom stereocenters. The van der Waals surface area contributed by atoms with E-state index >= 15 is 0 Å². The number of imide groups is 1.